The van der Waals surface area contributed by atoms with Gasteiger partial charge in [-0.2, -0.15) is 0 Å². The van der Waals surface area contributed by atoms with Crippen LogP contribution < -0.4 is 0 Å². The van der Waals surface area contributed by atoms with E-state index in [-0.39, 0.29) is 0 Å². The van der Waals surface area contributed by atoms with Crippen LogP contribution in [0.15, 0.2) is 10.5 Å². The van der Waals surface area contributed by atoms with E-state index in [1.807, 2.05) is 0 Å². The summed E-state index contributed by atoms with van der Waals surface area (Å²) in [5.41, 5.74) is 1.48. The second-order valence-corrected chi connectivity index (χ2v) is 14.1. The molecule has 0 amide bonds. The Kier molecular flexibility index (Phi) is 2.82. The van der Waals surface area contributed by atoms with Gasteiger partial charge in [-0.1, -0.05) is 0 Å². The van der Waals surface area contributed by atoms with Gasteiger partial charge in [-0.15, -0.1) is 0 Å². The van der Waals surface area contributed by atoms with Gasteiger partial charge in [0.15, 0.2) is 0 Å². The fourth-order valence-corrected chi connectivity index (χ4v) is 4.50. The zero-order valence-corrected chi connectivity index (χ0v) is 8.68. The molecule has 0 unspecified atom stereocenters. The molecule has 8 heavy (non-hydrogen) atoms. The van der Waals surface area contributed by atoms with Crippen molar-refractivity contribution in [3.05, 3.63) is 10.5 Å². The molecule has 0 bridgehead atoms. The molecule has 0 aromatic carbocycles. The molecule has 0 heterocycles. The summed E-state index contributed by atoms with van der Waals surface area (Å²) in [5.74, 6) is 7.19. The van der Waals surface area contributed by atoms with Crippen LogP contribution in [-0.4, -0.2) is 13.3 Å². The fraction of sp³-hybridized carbons (Fsp3) is 0.714. The minimum absolute atomic E-state index is 1.32. The molecule has 0 aromatic heterocycles. The van der Waals surface area contributed by atoms with E-state index in [0.29, 0.717) is 0 Å². The molecular formula is C7H16Ge. The number of hydrogen-bond donors (Lipinski definition) is 0. The van der Waals surface area contributed by atoms with Crippen LogP contribution in [0.4, 0.5) is 0 Å². The van der Waals surface area contributed by atoms with Crippen molar-refractivity contribution < 1.29 is 0 Å². The van der Waals surface area contributed by atoms with E-state index in [0.717, 1.165) is 0 Å². The molecule has 0 nitrogen and oxygen atoms in total. The Morgan fingerprint density at radius 3 is 1.50 bits per heavy atom. The van der Waals surface area contributed by atoms with Gasteiger partial charge in [0.05, 0.1) is 0 Å². The topological polar surface area (TPSA) is 0 Å². The Hall–Kier alpha value is 0.283. The van der Waals surface area contributed by atoms with Crippen LogP contribution in [-0.2, 0) is 0 Å². The van der Waals surface area contributed by atoms with Crippen LogP contribution in [0.3, 0.4) is 0 Å². The van der Waals surface area contributed by atoms with Crippen LogP contribution >= 0.6 is 0 Å². The monoisotopic (exact) mass is 174 g/mol. The van der Waals surface area contributed by atoms with E-state index in [1.54, 1.807) is 0 Å². The van der Waals surface area contributed by atoms with Crippen molar-refractivity contribution in [1.29, 1.82) is 0 Å². The summed E-state index contributed by atoms with van der Waals surface area (Å²) in [5, 5.41) is 0. The first kappa shape index (κ1) is 8.28. The van der Waals surface area contributed by atoms with Crippen molar-refractivity contribution in [2.45, 2.75) is 31.1 Å². The van der Waals surface area contributed by atoms with Gasteiger partial charge in [-0.3, -0.25) is 0 Å². The van der Waals surface area contributed by atoms with Crippen molar-refractivity contribution in [2.75, 3.05) is 0 Å². The normalized spacial score (nSPS) is 11.1. The molecule has 0 N–H and O–H groups in total. The average molecular weight is 173 g/mol. The summed E-state index contributed by atoms with van der Waals surface area (Å²) in [6.07, 6.45) is 0. The van der Waals surface area contributed by atoms with E-state index in [1.165, 1.54) is 5.57 Å². The molecule has 0 saturated heterocycles. The molecule has 0 aliphatic carbocycles. The molecule has 1 heteroatoms. The Labute approximate surface area is 55.3 Å². The quantitative estimate of drug-likeness (QED) is 0.534. The van der Waals surface area contributed by atoms with Gasteiger partial charge in [0.1, 0.15) is 0 Å². The van der Waals surface area contributed by atoms with Gasteiger partial charge < -0.3 is 0 Å². The van der Waals surface area contributed by atoms with Crippen molar-refractivity contribution in [2.24, 2.45) is 0 Å². The maximum absolute atomic E-state index is 2.46. The fourth-order valence-electron chi connectivity index (χ4n) is 0.866. The third-order valence-electron chi connectivity index (χ3n) is 0.722. The molecule has 0 aliphatic heterocycles. The van der Waals surface area contributed by atoms with Gasteiger partial charge in [0.2, 0.25) is 0 Å². The predicted molar refractivity (Wildman–Crippen MR) is 42.8 cm³/mol. The van der Waals surface area contributed by atoms with Gasteiger partial charge in [-0.05, 0) is 0 Å². The van der Waals surface area contributed by atoms with Gasteiger partial charge in [-0.25, -0.2) is 0 Å². The molecule has 0 saturated carbocycles. The standard InChI is InChI=1S/C7H16Ge/c1-7(2)6-8(3,4)5/h6H,1-5H3. The summed E-state index contributed by atoms with van der Waals surface area (Å²) in [6, 6.07) is 0. The third-order valence-corrected chi connectivity index (χ3v) is 3.75. The average Bonchev–Trinajstić information content (AvgIpc) is 1.21. The van der Waals surface area contributed by atoms with Crippen molar-refractivity contribution in [3.63, 3.8) is 0 Å². The first-order chi connectivity index (χ1) is 3.42. The Bertz CT molecular complexity index is 91.4. The molecule has 0 aromatic rings. The maximum atomic E-state index is 2.46. The van der Waals surface area contributed by atoms with Gasteiger partial charge in [0, 0.05) is 0 Å². The van der Waals surface area contributed by atoms with E-state index in [2.05, 4.69) is 36.0 Å². The second-order valence-electron chi connectivity index (χ2n) is 3.59. The Balaban J connectivity index is 3.89. The SMILES string of the molecule is CC(C)=[CH][Ge]([CH3])([CH3])[CH3]. The van der Waals surface area contributed by atoms with Crippen LogP contribution in [0.2, 0.25) is 17.3 Å². The molecule has 0 spiro atoms. The molecule has 48 valence electrons. The van der Waals surface area contributed by atoms with E-state index in [4.69, 9.17) is 0 Å². The number of allylic oxidation sites excluding steroid dienone is 1. The first-order valence-corrected chi connectivity index (χ1v) is 10.6. The molecule has 0 aliphatic rings. The molecule has 0 atom stereocenters. The van der Waals surface area contributed by atoms with Crippen LogP contribution in [0, 0.1) is 0 Å². The zero-order valence-electron chi connectivity index (χ0n) is 6.58. The van der Waals surface area contributed by atoms with Gasteiger partial charge >= 0.3 is 54.9 Å². The Morgan fingerprint density at radius 2 is 1.50 bits per heavy atom. The third kappa shape index (κ3) is 6.28. The van der Waals surface area contributed by atoms with Crippen LogP contribution in [0.25, 0.3) is 0 Å². The Morgan fingerprint density at radius 1 is 1.12 bits per heavy atom. The van der Waals surface area contributed by atoms with Crippen LogP contribution in [0.5, 0.6) is 0 Å². The number of hydrogen-bond acceptors (Lipinski definition) is 0. The number of rotatable bonds is 1. The molecule has 0 radical (unpaired) electrons. The van der Waals surface area contributed by atoms with Crippen LogP contribution in [0.1, 0.15) is 13.8 Å². The summed E-state index contributed by atoms with van der Waals surface area (Å²) >= 11 is -1.32. The predicted octanol–water partition coefficient (Wildman–Crippen LogP) is 2.83. The van der Waals surface area contributed by atoms with Crippen molar-refractivity contribution in [1.82, 2.24) is 0 Å². The first-order valence-electron chi connectivity index (χ1n) is 3.08. The summed E-state index contributed by atoms with van der Waals surface area (Å²) in [4.78, 5) is 2.46. The summed E-state index contributed by atoms with van der Waals surface area (Å²) in [6.45, 7) is 4.35. The molecular weight excluding hydrogens is 157 g/mol. The minimum atomic E-state index is -1.32. The molecule has 0 fully saturated rings. The zero-order chi connectivity index (χ0) is 6.78. The summed E-state index contributed by atoms with van der Waals surface area (Å²) < 4.78 is 0. The van der Waals surface area contributed by atoms with Gasteiger partial charge in [0.25, 0.3) is 0 Å². The summed E-state index contributed by atoms with van der Waals surface area (Å²) in [7, 11) is 0. The second kappa shape index (κ2) is 2.72. The van der Waals surface area contributed by atoms with E-state index in [9.17, 15) is 0 Å². The van der Waals surface area contributed by atoms with Crippen molar-refractivity contribution >= 4 is 13.3 Å². The van der Waals surface area contributed by atoms with Crippen molar-refractivity contribution in [3.8, 4) is 0 Å². The van der Waals surface area contributed by atoms with E-state index < -0.39 is 13.3 Å². The molecule has 0 rings (SSSR count). The van der Waals surface area contributed by atoms with E-state index >= 15 is 0 Å².